The number of unbranched alkanes of at least 4 members (excludes halogenated alkanes) is 1. The molecule has 3 rings (SSSR count). The van der Waals surface area contributed by atoms with Crippen molar-refractivity contribution in [3.8, 4) is 5.75 Å². The second-order valence-corrected chi connectivity index (χ2v) is 8.82. The molecular weight excluding hydrogens is 428 g/mol. The van der Waals surface area contributed by atoms with Crippen molar-refractivity contribution in [3.63, 3.8) is 0 Å². The van der Waals surface area contributed by atoms with Crippen molar-refractivity contribution < 1.29 is 23.9 Å². The molecule has 2 aromatic rings. The van der Waals surface area contributed by atoms with Crippen LogP contribution in [0.25, 0.3) is 0 Å². The van der Waals surface area contributed by atoms with Crippen LogP contribution in [0.5, 0.6) is 5.75 Å². The highest BCUT2D eigenvalue weighted by Gasteiger charge is 2.31. The number of benzene rings is 1. The molecule has 7 nitrogen and oxygen atoms in total. The number of hydrogen-bond acceptors (Lipinski definition) is 7. The summed E-state index contributed by atoms with van der Waals surface area (Å²) in [4.78, 5) is 39.1. The maximum atomic E-state index is 11.8. The van der Waals surface area contributed by atoms with E-state index in [9.17, 15) is 14.4 Å². The van der Waals surface area contributed by atoms with Gasteiger partial charge in [-0.2, -0.15) is 0 Å². The van der Waals surface area contributed by atoms with Gasteiger partial charge in [-0.1, -0.05) is 43.3 Å². The van der Waals surface area contributed by atoms with Crippen molar-refractivity contribution in [1.82, 2.24) is 10.3 Å². The molecular formula is C24H28N2O5S. The SMILES string of the molecule is CCCCC(=O)O[C@H](C)c1ccc(CCOc2ccc(CC3SC(=O)NC3=O)cc2)nc1. The zero-order valence-corrected chi connectivity index (χ0v) is 19.2. The lowest BCUT2D eigenvalue weighted by Crippen LogP contribution is -2.25. The van der Waals surface area contributed by atoms with Gasteiger partial charge in [-0.15, -0.1) is 0 Å². The molecule has 1 unspecified atom stereocenters. The normalized spacial score (nSPS) is 16.5. The maximum Gasteiger partial charge on any atom is 0.306 e. The molecule has 1 aromatic heterocycles. The van der Waals surface area contributed by atoms with Crippen LogP contribution >= 0.6 is 11.8 Å². The molecule has 0 spiro atoms. The first-order valence-electron chi connectivity index (χ1n) is 10.8. The Morgan fingerprint density at radius 1 is 1.19 bits per heavy atom. The maximum absolute atomic E-state index is 11.8. The summed E-state index contributed by atoms with van der Waals surface area (Å²) in [6.45, 7) is 4.37. The van der Waals surface area contributed by atoms with Crippen LogP contribution in [-0.4, -0.2) is 34.0 Å². The molecule has 2 atom stereocenters. The molecule has 0 radical (unpaired) electrons. The van der Waals surface area contributed by atoms with Gasteiger partial charge in [0.15, 0.2) is 0 Å². The summed E-state index contributed by atoms with van der Waals surface area (Å²) in [5.74, 6) is 0.321. The van der Waals surface area contributed by atoms with E-state index in [1.807, 2.05) is 50.2 Å². The Balaban J connectivity index is 1.41. The molecule has 0 aliphatic carbocycles. The summed E-state index contributed by atoms with van der Waals surface area (Å²) < 4.78 is 11.2. The number of carbonyl (C=O) groups is 3. The Bertz CT molecular complexity index is 930. The first kappa shape index (κ1) is 23.8. The third-order valence-corrected chi connectivity index (χ3v) is 6.08. The van der Waals surface area contributed by atoms with E-state index in [2.05, 4.69) is 10.3 Å². The summed E-state index contributed by atoms with van der Waals surface area (Å²) in [6.07, 6.45) is 4.82. The van der Waals surface area contributed by atoms with E-state index in [1.165, 1.54) is 0 Å². The van der Waals surface area contributed by atoms with Gasteiger partial charge in [-0.05, 0) is 43.5 Å². The molecule has 1 aliphatic rings. The molecule has 0 bridgehead atoms. The lowest BCUT2D eigenvalue weighted by molar-refractivity contribution is -0.148. The van der Waals surface area contributed by atoms with Crippen LogP contribution < -0.4 is 10.1 Å². The summed E-state index contributed by atoms with van der Waals surface area (Å²) >= 11 is 1.03. The molecule has 170 valence electrons. The van der Waals surface area contributed by atoms with Crippen LogP contribution in [0.4, 0.5) is 4.79 Å². The Kier molecular flexibility index (Phi) is 8.67. The van der Waals surface area contributed by atoms with E-state index < -0.39 is 0 Å². The quantitative estimate of drug-likeness (QED) is 0.501. The van der Waals surface area contributed by atoms with Gasteiger partial charge in [0, 0.05) is 30.3 Å². The highest BCUT2D eigenvalue weighted by atomic mass is 32.2. The molecule has 1 N–H and O–H groups in total. The topological polar surface area (TPSA) is 94.6 Å². The second kappa shape index (κ2) is 11.7. The third kappa shape index (κ3) is 7.09. The Morgan fingerprint density at radius 2 is 1.97 bits per heavy atom. The fourth-order valence-electron chi connectivity index (χ4n) is 3.21. The van der Waals surface area contributed by atoms with Gasteiger partial charge in [0.05, 0.1) is 11.9 Å². The van der Waals surface area contributed by atoms with Gasteiger partial charge in [-0.3, -0.25) is 24.7 Å². The standard InChI is InChI=1S/C24H28N2O5S/c1-3-4-5-22(27)31-16(2)18-8-9-19(25-15-18)12-13-30-20-10-6-17(7-11-20)14-21-23(28)26-24(29)32-21/h6-11,15-16,21H,3-5,12-14H2,1-2H3,(H,26,28,29)/t16-,21?/m1/s1. The lowest BCUT2D eigenvalue weighted by atomic mass is 10.1. The van der Waals surface area contributed by atoms with E-state index in [0.29, 0.717) is 25.9 Å². The minimum atomic E-state index is -0.370. The highest BCUT2D eigenvalue weighted by molar-refractivity contribution is 8.15. The fourth-order valence-corrected chi connectivity index (χ4v) is 4.07. The van der Waals surface area contributed by atoms with Crippen LogP contribution in [0, 0.1) is 0 Å². The molecule has 1 aromatic carbocycles. The minimum absolute atomic E-state index is 0.179. The number of carbonyl (C=O) groups excluding carboxylic acids is 3. The lowest BCUT2D eigenvalue weighted by Gasteiger charge is -2.13. The molecule has 8 heteroatoms. The van der Waals surface area contributed by atoms with Gasteiger partial charge >= 0.3 is 5.97 Å². The highest BCUT2D eigenvalue weighted by Crippen LogP contribution is 2.24. The summed E-state index contributed by atoms with van der Waals surface area (Å²) in [6, 6.07) is 11.4. The van der Waals surface area contributed by atoms with Crippen LogP contribution in [0.2, 0.25) is 0 Å². The van der Waals surface area contributed by atoms with Crippen LogP contribution in [0.1, 0.15) is 56.0 Å². The second-order valence-electron chi connectivity index (χ2n) is 7.65. The first-order valence-corrected chi connectivity index (χ1v) is 11.7. The number of pyridine rings is 1. The van der Waals surface area contributed by atoms with Crippen molar-refractivity contribution in [2.24, 2.45) is 0 Å². The van der Waals surface area contributed by atoms with Crippen molar-refractivity contribution in [3.05, 3.63) is 59.4 Å². The van der Waals surface area contributed by atoms with Gasteiger partial charge in [-0.25, -0.2) is 0 Å². The number of esters is 1. The van der Waals surface area contributed by atoms with Crippen molar-refractivity contribution >= 4 is 28.9 Å². The van der Waals surface area contributed by atoms with Crippen molar-refractivity contribution in [2.75, 3.05) is 6.61 Å². The van der Waals surface area contributed by atoms with Gasteiger partial charge in [0.25, 0.3) is 5.24 Å². The molecule has 2 amide bonds. The molecule has 2 heterocycles. The number of aromatic nitrogens is 1. The van der Waals surface area contributed by atoms with Gasteiger partial charge in [0.2, 0.25) is 5.91 Å². The van der Waals surface area contributed by atoms with E-state index in [-0.39, 0.29) is 28.5 Å². The van der Waals surface area contributed by atoms with E-state index in [1.54, 1.807) is 6.20 Å². The number of amides is 2. The molecule has 32 heavy (non-hydrogen) atoms. The van der Waals surface area contributed by atoms with Crippen LogP contribution in [0.3, 0.4) is 0 Å². The van der Waals surface area contributed by atoms with E-state index in [0.717, 1.165) is 47.2 Å². The zero-order valence-electron chi connectivity index (χ0n) is 18.3. The minimum Gasteiger partial charge on any atom is -0.493 e. The molecule has 1 aliphatic heterocycles. The number of rotatable bonds is 11. The average Bonchev–Trinajstić information content (AvgIpc) is 3.10. The Hall–Kier alpha value is -2.87. The molecule has 1 fully saturated rings. The number of thioether (sulfide) groups is 1. The van der Waals surface area contributed by atoms with E-state index in [4.69, 9.17) is 9.47 Å². The number of nitrogens with zero attached hydrogens (tertiary/aromatic N) is 1. The predicted molar refractivity (Wildman–Crippen MR) is 123 cm³/mol. The summed E-state index contributed by atoms with van der Waals surface area (Å²) in [7, 11) is 0. The van der Waals surface area contributed by atoms with Crippen molar-refractivity contribution in [1.29, 1.82) is 0 Å². The van der Waals surface area contributed by atoms with Gasteiger partial charge < -0.3 is 9.47 Å². The number of imide groups is 1. The largest absolute Gasteiger partial charge is 0.493 e. The first-order chi connectivity index (χ1) is 15.4. The fraction of sp³-hybridized carbons (Fsp3) is 0.417. The number of hydrogen-bond donors (Lipinski definition) is 1. The Morgan fingerprint density at radius 3 is 2.59 bits per heavy atom. The molecule has 0 saturated carbocycles. The zero-order chi connectivity index (χ0) is 22.9. The van der Waals surface area contributed by atoms with Crippen LogP contribution in [0.15, 0.2) is 42.6 Å². The Labute approximate surface area is 192 Å². The van der Waals surface area contributed by atoms with Crippen molar-refractivity contribution in [2.45, 2.75) is 57.3 Å². The summed E-state index contributed by atoms with van der Waals surface area (Å²) in [5, 5.41) is 1.64. The smallest absolute Gasteiger partial charge is 0.306 e. The molecule has 1 saturated heterocycles. The third-order valence-electron chi connectivity index (χ3n) is 5.10. The number of nitrogens with one attached hydrogen (secondary N) is 1. The number of ether oxygens (including phenoxy) is 2. The predicted octanol–water partition coefficient (Wildman–Crippen LogP) is 4.39. The average molecular weight is 457 g/mol. The monoisotopic (exact) mass is 456 g/mol. The van der Waals surface area contributed by atoms with Crippen LogP contribution in [-0.2, 0) is 27.2 Å². The van der Waals surface area contributed by atoms with E-state index >= 15 is 0 Å². The summed E-state index contributed by atoms with van der Waals surface area (Å²) in [5.41, 5.74) is 2.73. The van der Waals surface area contributed by atoms with Gasteiger partial charge in [0.1, 0.15) is 11.9 Å².